The molecular formula is C12H16N4OS. The van der Waals surface area contributed by atoms with Crippen molar-refractivity contribution in [3.05, 3.63) is 34.3 Å². The van der Waals surface area contributed by atoms with Crippen molar-refractivity contribution in [2.75, 3.05) is 24.8 Å². The van der Waals surface area contributed by atoms with Crippen molar-refractivity contribution in [3.63, 3.8) is 0 Å². The van der Waals surface area contributed by atoms with Gasteiger partial charge in [-0.2, -0.15) is 0 Å². The molecule has 0 saturated heterocycles. The summed E-state index contributed by atoms with van der Waals surface area (Å²) >= 11 is 1.72. The molecule has 0 aliphatic heterocycles. The van der Waals surface area contributed by atoms with Crippen LogP contribution in [-0.2, 0) is 17.9 Å². The number of aromatic nitrogens is 2. The van der Waals surface area contributed by atoms with Crippen LogP contribution in [0.25, 0.3) is 0 Å². The SMILES string of the molecule is CNc1cc(NCc2cccs2)nc(COC)n1. The molecular weight excluding hydrogens is 248 g/mol. The second-order valence-corrected chi connectivity index (χ2v) is 4.70. The Morgan fingerprint density at radius 1 is 1.33 bits per heavy atom. The standard InChI is InChI=1S/C12H16N4OS/c1-13-10-6-11(16-12(15-10)8-17-2)14-7-9-4-3-5-18-9/h3-6H,7-8H2,1-2H3,(H2,13,14,15,16). The van der Waals surface area contributed by atoms with E-state index in [1.54, 1.807) is 18.4 Å². The van der Waals surface area contributed by atoms with Crippen LogP contribution < -0.4 is 10.6 Å². The molecule has 0 unspecified atom stereocenters. The summed E-state index contributed by atoms with van der Waals surface area (Å²) in [6, 6.07) is 6.01. The lowest BCUT2D eigenvalue weighted by atomic mass is 10.4. The van der Waals surface area contributed by atoms with Gasteiger partial charge in [-0.1, -0.05) is 6.07 Å². The van der Waals surface area contributed by atoms with Crippen LogP contribution in [0.1, 0.15) is 10.7 Å². The Morgan fingerprint density at radius 2 is 2.17 bits per heavy atom. The first-order valence-corrected chi connectivity index (χ1v) is 6.50. The summed E-state index contributed by atoms with van der Waals surface area (Å²) in [4.78, 5) is 9.96. The molecule has 6 heteroatoms. The minimum atomic E-state index is 0.406. The zero-order valence-electron chi connectivity index (χ0n) is 10.4. The molecule has 0 aromatic carbocycles. The summed E-state index contributed by atoms with van der Waals surface area (Å²) in [6.07, 6.45) is 0. The molecule has 0 aliphatic carbocycles. The second-order valence-electron chi connectivity index (χ2n) is 3.67. The van der Waals surface area contributed by atoms with Crippen LogP contribution in [0.3, 0.4) is 0 Å². The third-order valence-corrected chi connectivity index (χ3v) is 3.20. The predicted octanol–water partition coefficient (Wildman–Crippen LogP) is 2.34. The van der Waals surface area contributed by atoms with Crippen molar-refractivity contribution < 1.29 is 4.74 Å². The van der Waals surface area contributed by atoms with E-state index in [-0.39, 0.29) is 0 Å². The van der Waals surface area contributed by atoms with Crippen molar-refractivity contribution in [3.8, 4) is 0 Å². The average Bonchev–Trinajstić information content (AvgIpc) is 2.89. The molecule has 0 radical (unpaired) electrons. The Bertz CT molecular complexity index is 487. The molecule has 2 N–H and O–H groups in total. The predicted molar refractivity (Wildman–Crippen MR) is 73.9 cm³/mol. The quantitative estimate of drug-likeness (QED) is 0.838. The molecule has 2 aromatic rings. The van der Waals surface area contributed by atoms with Crippen LogP contribution in [0, 0.1) is 0 Å². The number of thiophene rings is 1. The summed E-state index contributed by atoms with van der Waals surface area (Å²) in [5.41, 5.74) is 0. The molecule has 0 atom stereocenters. The van der Waals surface area contributed by atoms with E-state index in [1.165, 1.54) is 4.88 Å². The molecule has 2 rings (SSSR count). The number of nitrogens with zero attached hydrogens (tertiary/aromatic N) is 2. The number of methoxy groups -OCH3 is 1. The van der Waals surface area contributed by atoms with Crippen molar-refractivity contribution in [2.45, 2.75) is 13.2 Å². The molecule has 0 aliphatic rings. The Kier molecular flexibility index (Phi) is 4.49. The molecule has 0 spiro atoms. The second kappa shape index (κ2) is 6.32. The van der Waals surface area contributed by atoms with Crippen LogP contribution in [-0.4, -0.2) is 24.1 Å². The maximum absolute atomic E-state index is 5.05. The van der Waals surface area contributed by atoms with Gasteiger partial charge in [0.05, 0.1) is 6.54 Å². The van der Waals surface area contributed by atoms with E-state index in [0.717, 1.165) is 18.2 Å². The van der Waals surface area contributed by atoms with Gasteiger partial charge in [0.25, 0.3) is 0 Å². The van der Waals surface area contributed by atoms with E-state index in [0.29, 0.717) is 12.4 Å². The van der Waals surface area contributed by atoms with E-state index in [9.17, 15) is 0 Å². The molecule has 2 heterocycles. The number of nitrogens with one attached hydrogen (secondary N) is 2. The molecule has 0 amide bonds. The molecule has 18 heavy (non-hydrogen) atoms. The smallest absolute Gasteiger partial charge is 0.158 e. The number of hydrogen-bond acceptors (Lipinski definition) is 6. The third kappa shape index (κ3) is 3.41. The van der Waals surface area contributed by atoms with Gasteiger partial charge in [0.1, 0.15) is 18.2 Å². The first-order valence-electron chi connectivity index (χ1n) is 5.62. The Hall–Kier alpha value is -1.66. The van der Waals surface area contributed by atoms with Crippen LogP contribution in [0.4, 0.5) is 11.6 Å². The molecule has 5 nitrogen and oxygen atoms in total. The van der Waals surface area contributed by atoms with E-state index < -0.39 is 0 Å². The summed E-state index contributed by atoms with van der Waals surface area (Å²) in [6.45, 7) is 1.17. The van der Waals surface area contributed by atoms with E-state index in [2.05, 4.69) is 32.0 Å². The summed E-state index contributed by atoms with van der Waals surface area (Å²) in [5, 5.41) is 8.36. The minimum absolute atomic E-state index is 0.406. The first kappa shape index (κ1) is 12.8. The number of anilines is 2. The fourth-order valence-corrected chi connectivity index (χ4v) is 2.14. The molecule has 2 aromatic heterocycles. The molecule has 96 valence electrons. The van der Waals surface area contributed by atoms with Gasteiger partial charge in [-0.05, 0) is 11.4 Å². The van der Waals surface area contributed by atoms with Crippen molar-refractivity contribution >= 4 is 23.0 Å². The van der Waals surface area contributed by atoms with Gasteiger partial charge in [0.15, 0.2) is 5.82 Å². The van der Waals surface area contributed by atoms with Gasteiger partial charge in [-0.15, -0.1) is 11.3 Å². The van der Waals surface area contributed by atoms with Gasteiger partial charge >= 0.3 is 0 Å². The topological polar surface area (TPSA) is 59.1 Å². The van der Waals surface area contributed by atoms with Gasteiger partial charge in [0, 0.05) is 25.1 Å². The molecule has 0 fully saturated rings. The summed E-state index contributed by atoms with van der Waals surface area (Å²) in [7, 11) is 3.47. The number of rotatable bonds is 6. The lowest BCUT2D eigenvalue weighted by molar-refractivity contribution is 0.178. The van der Waals surface area contributed by atoms with Crippen molar-refractivity contribution in [1.29, 1.82) is 0 Å². The van der Waals surface area contributed by atoms with Gasteiger partial charge in [-0.3, -0.25) is 0 Å². The average molecular weight is 264 g/mol. The maximum atomic E-state index is 5.05. The van der Waals surface area contributed by atoms with Gasteiger partial charge < -0.3 is 15.4 Å². The van der Waals surface area contributed by atoms with E-state index in [1.807, 2.05) is 19.2 Å². The Balaban J connectivity index is 2.08. The fourth-order valence-electron chi connectivity index (χ4n) is 1.50. The number of hydrogen-bond donors (Lipinski definition) is 2. The highest BCUT2D eigenvalue weighted by atomic mass is 32.1. The Morgan fingerprint density at radius 3 is 2.83 bits per heavy atom. The zero-order chi connectivity index (χ0) is 12.8. The highest BCUT2D eigenvalue weighted by Crippen LogP contribution is 2.14. The largest absolute Gasteiger partial charge is 0.377 e. The maximum Gasteiger partial charge on any atom is 0.158 e. The van der Waals surface area contributed by atoms with Gasteiger partial charge in [-0.25, -0.2) is 9.97 Å². The zero-order valence-corrected chi connectivity index (χ0v) is 11.3. The summed E-state index contributed by atoms with van der Waals surface area (Å²) < 4.78 is 5.05. The minimum Gasteiger partial charge on any atom is -0.377 e. The van der Waals surface area contributed by atoms with Gasteiger partial charge in [0.2, 0.25) is 0 Å². The molecule has 0 bridgehead atoms. The normalized spacial score (nSPS) is 10.3. The van der Waals surface area contributed by atoms with E-state index in [4.69, 9.17) is 4.74 Å². The van der Waals surface area contributed by atoms with Crippen LogP contribution in [0.2, 0.25) is 0 Å². The van der Waals surface area contributed by atoms with Crippen LogP contribution >= 0.6 is 11.3 Å². The van der Waals surface area contributed by atoms with Crippen molar-refractivity contribution in [1.82, 2.24) is 9.97 Å². The fraction of sp³-hybridized carbons (Fsp3) is 0.333. The monoisotopic (exact) mass is 264 g/mol. The van der Waals surface area contributed by atoms with Crippen LogP contribution in [0.15, 0.2) is 23.6 Å². The van der Waals surface area contributed by atoms with E-state index >= 15 is 0 Å². The summed E-state index contributed by atoms with van der Waals surface area (Å²) in [5.74, 6) is 2.25. The lowest BCUT2D eigenvalue weighted by Crippen LogP contribution is -2.06. The lowest BCUT2D eigenvalue weighted by Gasteiger charge is -2.08. The number of ether oxygens (including phenoxy) is 1. The van der Waals surface area contributed by atoms with Crippen LogP contribution in [0.5, 0.6) is 0 Å². The van der Waals surface area contributed by atoms with Crippen molar-refractivity contribution in [2.24, 2.45) is 0 Å². The molecule has 0 saturated carbocycles. The highest BCUT2D eigenvalue weighted by Gasteiger charge is 2.03. The Labute approximate surface area is 110 Å². The third-order valence-electron chi connectivity index (χ3n) is 2.33. The highest BCUT2D eigenvalue weighted by molar-refractivity contribution is 7.09. The first-order chi connectivity index (χ1) is 8.81.